The lowest BCUT2D eigenvalue weighted by molar-refractivity contribution is -0.138. The summed E-state index contributed by atoms with van der Waals surface area (Å²) in [6.45, 7) is 3.28. The number of halogens is 3. The van der Waals surface area contributed by atoms with Crippen LogP contribution >= 0.6 is 0 Å². The Morgan fingerprint density at radius 2 is 1.81 bits per heavy atom. The first-order valence-corrected chi connectivity index (χ1v) is 9.84. The van der Waals surface area contributed by atoms with Crippen LogP contribution in [0.1, 0.15) is 43.9 Å². The molecule has 2 heterocycles. The highest BCUT2D eigenvalue weighted by molar-refractivity contribution is 5.98. The fourth-order valence-electron chi connectivity index (χ4n) is 3.35. The summed E-state index contributed by atoms with van der Waals surface area (Å²) in [5, 5.41) is 4.22. The van der Waals surface area contributed by atoms with E-state index in [1.165, 1.54) is 13.0 Å². The fraction of sp³-hybridized carbons (Fsp3) is 0.160. The molecule has 0 aliphatic heterocycles. The maximum absolute atomic E-state index is 13.2. The van der Waals surface area contributed by atoms with Crippen molar-refractivity contribution in [2.45, 2.75) is 26.4 Å². The average molecular weight is 433 g/mol. The number of carbonyl (C=O) groups is 1. The van der Waals surface area contributed by atoms with Crippen molar-refractivity contribution in [2.24, 2.45) is 0 Å². The summed E-state index contributed by atoms with van der Waals surface area (Å²) in [4.78, 5) is 17.0. The number of carbonyl (C=O) groups excluding carboxylic acids is 1. The number of alkyl halides is 3. The third-order valence-electron chi connectivity index (χ3n) is 5.13. The van der Waals surface area contributed by atoms with Gasteiger partial charge in [-0.15, -0.1) is 0 Å². The molecule has 0 amide bonds. The first kappa shape index (κ1) is 21.3. The second kappa shape index (κ2) is 8.31. The number of Topliss-reactive ketones (excluding diaryl/α,β-unsaturated/α-hetero) is 1. The fourth-order valence-corrected chi connectivity index (χ4v) is 3.35. The van der Waals surface area contributed by atoms with Gasteiger partial charge in [0.05, 0.1) is 11.8 Å². The molecule has 0 atom stereocenters. The van der Waals surface area contributed by atoms with E-state index in [-0.39, 0.29) is 17.8 Å². The molecule has 2 aromatic heterocycles. The van der Waals surface area contributed by atoms with Gasteiger partial charge in [-0.05, 0) is 60.7 Å². The van der Waals surface area contributed by atoms with Gasteiger partial charge in [-0.25, -0.2) is 9.50 Å². The molecule has 0 aliphatic carbocycles. The molecule has 160 valence electrons. The first-order chi connectivity index (χ1) is 15.2. The zero-order valence-electron chi connectivity index (χ0n) is 17.4. The van der Waals surface area contributed by atoms with Crippen molar-refractivity contribution in [2.75, 3.05) is 0 Å². The van der Waals surface area contributed by atoms with E-state index in [9.17, 15) is 18.0 Å². The lowest BCUT2D eigenvalue weighted by Crippen LogP contribution is -2.10. The smallest absolute Gasteiger partial charge is 0.294 e. The van der Waals surface area contributed by atoms with E-state index in [4.69, 9.17) is 0 Å². The largest absolute Gasteiger partial charge is 0.416 e. The van der Waals surface area contributed by atoms with Crippen LogP contribution < -0.4 is 0 Å². The van der Waals surface area contributed by atoms with Crippen molar-refractivity contribution in [3.63, 3.8) is 0 Å². The van der Waals surface area contributed by atoms with Gasteiger partial charge in [-0.2, -0.15) is 18.3 Å². The van der Waals surface area contributed by atoms with Crippen molar-refractivity contribution in [3.05, 3.63) is 100.0 Å². The Hall–Kier alpha value is -3.92. The highest BCUT2D eigenvalue weighted by Gasteiger charge is 2.32. The van der Waals surface area contributed by atoms with Crippen LogP contribution in [0, 0.1) is 25.7 Å². The minimum absolute atomic E-state index is 0.128. The molecule has 0 aliphatic rings. The predicted molar refractivity (Wildman–Crippen MR) is 114 cm³/mol. The number of aryl methyl sites for hydroxylation is 2. The predicted octanol–water partition coefficient (Wildman–Crippen LogP) is 5.19. The molecule has 4 rings (SSSR count). The maximum atomic E-state index is 13.2. The molecule has 7 heteroatoms. The molecule has 32 heavy (non-hydrogen) atoms. The molecule has 0 bridgehead atoms. The monoisotopic (exact) mass is 433 g/mol. The van der Waals surface area contributed by atoms with Gasteiger partial charge in [0, 0.05) is 23.7 Å². The molecule has 4 nitrogen and oxygen atoms in total. The lowest BCUT2D eigenvalue weighted by atomic mass is 9.96. The maximum Gasteiger partial charge on any atom is 0.416 e. The van der Waals surface area contributed by atoms with Crippen LogP contribution in [0.5, 0.6) is 0 Å². The average Bonchev–Trinajstić information content (AvgIpc) is 3.17. The molecule has 0 saturated carbocycles. The van der Waals surface area contributed by atoms with Crippen LogP contribution in [0.25, 0.3) is 5.65 Å². The third-order valence-corrected chi connectivity index (χ3v) is 5.13. The highest BCUT2D eigenvalue weighted by atomic mass is 19.4. The van der Waals surface area contributed by atoms with Crippen LogP contribution in [0.4, 0.5) is 13.2 Å². The molecule has 0 spiro atoms. The van der Waals surface area contributed by atoms with Gasteiger partial charge in [-0.1, -0.05) is 30.2 Å². The minimum Gasteiger partial charge on any atom is -0.294 e. The second-order valence-corrected chi connectivity index (χ2v) is 7.46. The van der Waals surface area contributed by atoms with Crippen molar-refractivity contribution in [3.8, 4) is 11.8 Å². The molecular weight excluding hydrogens is 415 g/mol. The zero-order valence-corrected chi connectivity index (χ0v) is 17.4. The third kappa shape index (κ3) is 4.40. The van der Waals surface area contributed by atoms with E-state index in [0.717, 1.165) is 11.6 Å². The summed E-state index contributed by atoms with van der Waals surface area (Å²) in [7, 11) is 0. The van der Waals surface area contributed by atoms with Crippen LogP contribution in [-0.4, -0.2) is 20.4 Å². The molecule has 0 N–H and O–H groups in total. The standard InChI is InChI=1S/C25H18F3N3O/c1-16-6-8-20(23(32)13-18-7-5-17(2)22(12-18)25(26,27)28)14-19(16)9-10-21-15-29-24-4-3-11-30-31(21)24/h3-8,11-12,14-15H,13H2,1-2H3. The molecule has 0 fully saturated rings. The molecule has 0 unspecified atom stereocenters. The van der Waals surface area contributed by atoms with E-state index in [0.29, 0.717) is 28.0 Å². The molecule has 2 aromatic carbocycles. The van der Waals surface area contributed by atoms with Crippen molar-refractivity contribution in [1.82, 2.24) is 14.6 Å². The summed E-state index contributed by atoms with van der Waals surface area (Å²) in [5.41, 5.74) is 2.93. The summed E-state index contributed by atoms with van der Waals surface area (Å²) in [5.74, 6) is 5.80. The Kier molecular flexibility index (Phi) is 5.54. The van der Waals surface area contributed by atoms with Gasteiger partial charge in [0.25, 0.3) is 0 Å². The Morgan fingerprint density at radius 1 is 1.03 bits per heavy atom. The van der Waals surface area contributed by atoms with E-state index < -0.39 is 11.7 Å². The SMILES string of the molecule is Cc1ccc(C(=O)Cc2ccc(C)c(C(F)(F)F)c2)cc1C#Cc1cnc2cccnn12. The highest BCUT2D eigenvalue weighted by Crippen LogP contribution is 2.32. The number of hydrogen-bond acceptors (Lipinski definition) is 3. The van der Waals surface area contributed by atoms with Gasteiger partial charge in [0.2, 0.25) is 0 Å². The topological polar surface area (TPSA) is 47.3 Å². The molecular formula is C25H18F3N3O. The van der Waals surface area contributed by atoms with Crippen LogP contribution in [0.3, 0.4) is 0 Å². The van der Waals surface area contributed by atoms with Crippen LogP contribution in [-0.2, 0) is 12.6 Å². The summed E-state index contributed by atoms with van der Waals surface area (Å²) in [6.07, 6.45) is -1.33. The van der Waals surface area contributed by atoms with Crippen LogP contribution in [0.15, 0.2) is 60.9 Å². The lowest BCUT2D eigenvalue weighted by Gasteiger charge is -2.12. The van der Waals surface area contributed by atoms with Crippen molar-refractivity contribution >= 4 is 11.4 Å². The summed E-state index contributed by atoms with van der Waals surface area (Å²) < 4.78 is 41.1. The molecule has 0 radical (unpaired) electrons. The zero-order chi connectivity index (χ0) is 22.9. The van der Waals surface area contributed by atoms with E-state index in [1.807, 2.05) is 13.0 Å². The number of rotatable bonds is 3. The Labute approximate surface area is 182 Å². The van der Waals surface area contributed by atoms with Gasteiger partial charge < -0.3 is 0 Å². The number of ketones is 1. The quantitative estimate of drug-likeness (QED) is 0.330. The van der Waals surface area contributed by atoms with Crippen molar-refractivity contribution in [1.29, 1.82) is 0 Å². The molecule has 0 saturated heterocycles. The Bertz CT molecular complexity index is 1390. The Balaban J connectivity index is 1.60. The molecule has 4 aromatic rings. The van der Waals surface area contributed by atoms with Gasteiger partial charge in [0.1, 0.15) is 5.69 Å². The van der Waals surface area contributed by atoms with Crippen molar-refractivity contribution < 1.29 is 18.0 Å². The normalized spacial score (nSPS) is 11.3. The van der Waals surface area contributed by atoms with Gasteiger partial charge in [-0.3, -0.25) is 4.79 Å². The second-order valence-electron chi connectivity index (χ2n) is 7.46. The van der Waals surface area contributed by atoms with E-state index >= 15 is 0 Å². The number of benzene rings is 2. The van der Waals surface area contributed by atoms with Gasteiger partial charge >= 0.3 is 6.18 Å². The number of hydrogen-bond donors (Lipinski definition) is 0. The van der Waals surface area contributed by atoms with Gasteiger partial charge in [0.15, 0.2) is 11.4 Å². The summed E-state index contributed by atoms with van der Waals surface area (Å²) in [6, 6.07) is 12.7. The number of imidazole rings is 1. The van der Waals surface area contributed by atoms with Crippen LogP contribution in [0.2, 0.25) is 0 Å². The number of fused-ring (bicyclic) bond motifs is 1. The van der Waals surface area contributed by atoms with E-state index in [2.05, 4.69) is 21.9 Å². The first-order valence-electron chi connectivity index (χ1n) is 9.84. The Morgan fingerprint density at radius 3 is 2.59 bits per heavy atom. The summed E-state index contributed by atoms with van der Waals surface area (Å²) >= 11 is 0. The van der Waals surface area contributed by atoms with E-state index in [1.54, 1.807) is 47.2 Å². The number of aromatic nitrogens is 3. The number of nitrogens with zero attached hydrogens (tertiary/aromatic N) is 3. The minimum atomic E-state index is -4.46.